The highest BCUT2D eigenvalue weighted by Crippen LogP contribution is 2.22. The van der Waals surface area contributed by atoms with Crippen molar-refractivity contribution >= 4 is 28.1 Å². The zero-order chi connectivity index (χ0) is 15.4. The molecule has 0 saturated carbocycles. The predicted octanol–water partition coefficient (Wildman–Crippen LogP) is 3.30. The molecule has 2 aromatic carbocycles. The Labute approximate surface area is 132 Å². The number of fused-ring (bicyclic) bond motifs is 1. The number of nitrogens with zero attached hydrogens (tertiary/aromatic N) is 1. The van der Waals surface area contributed by atoms with Crippen molar-refractivity contribution in [3.05, 3.63) is 64.6 Å². The van der Waals surface area contributed by atoms with Crippen LogP contribution >= 0.6 is 11.3 Å². The number of carbonyl (C=O) groups is 1. The molecule has 22 heavy (non-hydrogen) atoms. The minimum absolute atomic E-state index is 0.292. The SMILES string of the molecule is COC(=O)[C@@H](NCc1cncs1)c1ccc2ccccc2c1. The van der Waals surface area contributed by atoms with E-state index in [1.54, 1.807) is 23.0 Å². The number of carbonyl (C=O) groups excluding carboxylic acids is 1. The van der Waals surface area contributed by atoms with Crippen LogP contribution in [0.15, 0.2) is 54.2 Å². The monoisotopic (exact) mass is 312 g/mol. The van der Waals surface area contributed by atoms with Crippen molar-refractivity contribution in [1.29, 1.82) is 0 Å². The van der Waals surface area contributed by atoms with Crippen LogP contribution in [0.2, 0.25) is 0 Å². The van der Waals surface area contributed by atoms with Crippen molar-refractivity contribution in [3.63, 3.8) is 0 Å². The Morgan fingerprint density at radius 2 is 2.09 bits per heavy atom. The van der Waals surface area contributed by atoms with Crippen molar-refractivity contribution in [2.75, 3.05) is 7.11 Å². The van der Waals surface area contributed by atoms with Gasteiger partial charge in [0, 0.05) is 17.6 Å². The lowest BCUT2D eigenvalue weighted by molar-refractivity contribution is -0.143. The molecule has 0 aliphatic heterocycles. The zero-order valence-electron chi connectivity index (χ0n) is 12.2. The molecular weight excluding hydrogens is 296 g/mol. The molecule has 0 fully saturated rings. The van der Waals surface area contributed by atoms with E-state index in [0.717, 1.165) is 21.2 Å². The van der Waals surface area contributed by atoms with E-state index in [1.165, 1.54) is 7.11 Å². The molecule has 0 aliphatic rings. The van der Waals surface area contributed by atoms with Gasteiger partial charge in [0.1, 0.15) is 6.04 Å². The van der Waals surface area contributed by atoms with Crippen molar-refractivity contribution in [2.45, 2.75) is 12.6 Å². The van der Waals surface area contributed by atoms with E-state index in [4.69, 9.17) is 4.74 Å². The average molecular weight is 312 g/mol. The van der Waals surface area contributed by atoms with Gasteiger partial charge in [-0.05, 0) is 22.4 Å². The van der Waals surface area contributed by atoms with Gasteiger partial charge in [-0.2, -0.15) is 0 Å². The minimum Gasteiger partial charge on any atom is -0.468 e. The van der Waals surface area contributed by atoms with E-state index in [2.05, 4.69) is 16.4 Å². The summed E-state index contributed by atoms with van der Waals surface area (Å²) in [4.78, 5) is 17.2. The van der Waals surface area contributed by atoms with Gasteiger partial charge in [0.05, 0.1) is 12.6 Å². The van der Waals surface area contributed by atoms with Crippen LogP contribution < -0.4 is 5.32 Å². The fourth-order valence-corrected chi connectivity index (χ4v) is 2.92. The number of hydrogen-bond donors (Lipinski definition) is 1. The molecule has 3 aromatic rings. The first-order valence-electron chi connectivity index (χ1n) is 6.95. The predicted molar refractivity (Wildman–Crippen MR) is 87.7 cm³/mol. The van der Waals surface area contributed by atoms with E-state index >= 15 is 0 Å². The lowest BCUT2D eigenvalue weighted by atomic mass is 10.0. The third-order valence-corrected chi connectivity index (χ3v) is 4.29. The Morgan fingerprint density at radius 3 is 2.82 bits per heavy atom. The summed E-state index contributed by atoms with van der Waals surface area (Å²) in [6.45, 7) is 0.581. The van der Waals surface area contributed by atoms with Gasteiger partial charge in [0.15, 0.2) is 0 Å². The number of benzene rings is 2. The summed E-state index contributed by atoms with van der Waals surface area (Å²) < 4.78 is 4.94. The number of aromatic nitrogens is 1. The molecule has 0 bridgehead atoms. The van der Waals surface area contributed by atoms with Gasteiger partial charge >= 0.3 is 5.97 Å². The van der Waals surface area contributed by atoms with Crippen LogP contribution in [0.5, 0.6) is 0 Å². The number of hydrogen-bond acceptors (Lipinski definition) is 5. The molecule has 0 radical (unpaired) electrons. The van der Waals surface area contributed by atoms with Crippen molar-refractivity contribution < 1.29 is 9.53 Å². The molecule has 112 valence electrons. The second-order valence-electron chi connectivity index (χ2n) is 4.91. The molecule has 0 amide bonds. The van der Waals surface area contributed by atoms with Gasteiger partial charge in [-0.1, -0.05) is 36.4 Å². The lowest BCUT2D eigenvalue weighted by Crippen LogP contribution is -2.29. The Bertz CT molecular complexity index is 771. The number of esters is 1. The maximum absolute atomic E-state index is 12.1. The van der Waals surface area contributed by atoms with E-state index in [-0.39, 0.29) is 5.97 Å². The van der Waals surface area contributed by atoms with Gasteiger partial charge < -0.3 is 4.74 Å². The van der Waals surface area contributed by atoms with E-state index in [9.17, 15) is 4.79 Å². The summed E-state index contributed by atoms with van der Waals surface area (Å²) in [6, 6.07) is 13.6. The van der Waals surface area contributed by atoms with Crippen LogP contribution in [-0.4, -0.2) is 18.1 Å². The molecule has 1 heterocycles. The largest absolute Gasteiger partial charge is 0.468 e. The molecule has 3 rings (SSSR count). The van der Waals surface area contributed by atoms with Gasteiger partial charge in [0.25, 0.3) is 0 Å². The van der Waals surface area contributed by atoms with Gasteiger partial charge in [-0.15, -0.1) is 11.3 Å². The van der Waals surface area contributed by atoms with Gasteiger partial charge in [-0.3, -0.25) is 10.3 Å². The first-order chi connectivity index (χ1) is 10.8. The minimum atomic E-state index is -0.489. The summed E-state index contributed by atoms with van der Waals surface area (Å²) in [5.74, 6) is -0.292. The maximum Gasteiger partial charge on any atom is 0.327 e. The standard InChI is InChI=1S/C17H16N2O2S/c1-21-17(20)16(19-10-15-9-18-11-22-15)14-7-6-12-4-2-3-5-13(12)8-14/h2-9,11,16,19H,10H2,1H3/t16-/m0/s1. The second kappa shape index (κ2) is 6.68. The normalized spacial score (nSPS) is 12.2. The Hall–Kier alpha value is -2.24. The summed E-state index contributed by atoms with van der Waals surface area (Å²) in [6.07, 6.45) is 1.80. The molecule has 0 unspecified atom stereocenters. The highest BCUT2D eigenvalue weighted by atomic mass is 32.1. The third kappa shape index (κ3) is 3.16. The fourth-order valence-electron chi connectivity index (χ4n) is 2.37. The van der Waals surface area contributed by atoms with Crippen LogP contribution in [-0.2, 0) is 16.1 Å². The fraction of sp³-hybridized carbons (Fsp3) is 0.176. The Morgan fingerprint density at radius 1 is 1.27 bits per heavy atom. The third-order valence-electron chi connectivity index (χ3n) is 3.51. The zero-order valence-corrected chi connectivity index (χ0v) is 13.0. The number of methoxy groups -OCH3 is 1. The Balaban J connectivity index is 1.87. The van der Waals surface area contributed by atoms with Gasteiger partial charge in [0.2, 0.25) is 0 Å². The average Bonchev–Trinajstić information content (AvgIpc) is 3.08. The number of rotatable bonds is 5. The van der Waals surface area contributed by atoms with Crippen LogP contribution in [0.3, 0.4) is 0 Å². The number of thiazole rings is 1. The van der Waals surface area contributed by atoms with Crippen molar-refractivity contribution in [3.8, 4) is 0 Å². The lowest BCUT2D eigenvalue weighted by Gasteiger charge is -2.17. The molecule has 0 spiro atoms. The van der Waals surface area contributed by atoms with E-state index in [1.807, 2.05) is 36.4 Å². The smallest absolute Gasteiger partial charge is 0.327 e. The van der Waals surface area contributed by atoms with E-state index < -0.39 is 6.04 Å². The first-order valence-corrected chi connectivity index (χ1v) is 7.83. The highest BCUT2D eigenvalue weighted by molar-refractivity contribution is 7.09. The second-order valence-corrected chi connectivity index (χ2v) is 5.88. The molecule has 0 saturated heterocycles. The topological polar surface area (TPSA) is 51.2 Å². The summed E-state index contributed by atoms with van der Waals surface area (Å²) in [7, 11) is 1.41. The van der Waals surface area contributed by atoms with Crippen molar-refractivity contribution in [1.82, 2.24) is 10.3 Å². The maximum atomic E-state index is 12.1. The van der Waals surface area contributed by atoms with Crippen LogP contribution in [0.1, 0.15) is 16.5 Å². The first kappa shape index (κ1) is 14.7. The summed E-state index contributed by atoms with van der Waals surface area (Å²) >= 11 is 1.56. The highest BCUT2D eigenvalue weighted by Gasteiger charge is 2.21. The quantitative estimate of drug-likeness (QED) is 0.734. The summed E-state index contributed by atoms with van der Waals surface area (Å²) in [5.41, 5.74) is 2.68. The molecule has 1 aromatic heterocycles. The summed E-state index contributed by atoms with van der Waals surface area (Å²) in [5, 5.41) is 5.51. The molecule has 4 nitrogen and oxygen atoms in total. The van der Waals surface area contributed by atoms with Gasteiger partial charge in [-0.25, -0.2) is 4.79 Å². The molecular formula is C17H16N2O2S. The Kier molecular flexibility index (Phi) is 4.46. The number of ether oxygens (including phenoxy) is 1. The molecule has 0 aliphatic carbocycles. The molecule has 1 N–H and O–H groups in total. The number of nitrogens with one attached hydrogen (secondary N) is 1. The van der Waals surface area contributed by atoms with E-state index in [0.29, 0.717) is 6.54 Å². The van der Waals surface area contributed by atoms with Crippen LogP contribution in [0.4, 0.5) is 0 Å². The molecule has 5 heteroatoms. The molecule has 1 atom stereocenters. The van der Waals surface area contributed by atoms with Crippen LogP contribution in [0, 0.1) is 0 Å². The van der Waals surface area contributed by atoms with Crippen LogP contribution in [0.25, 0.3) is 10.8 Å². The van der Waals surface area contributed by atoms with Crippen molar-refractivity contribution in [2.24, 2.45) is 0 Å².